The van der Waals surface area contributed by atoms with Crippen molar-refractivity contribution in [1.29, 1.82) is 0 Å². The quantitative estimate of drug-likeness (QED) is 0.540. The van der Waals surface area contributed by atoms with Gasteiger partial charge in [-0.15, -0.1) is 0 Å². The van der Waals surface area contributed by atoms with Gasteiger partial charge in [0.05, 0.1) is 25.0 Å². The number of guanidine groups is 1. The fraction of sp³-hybridized carbons (Fsp3) is 0.421. The van der Waals surface area contributed by atoms with Gasteiger partial charge in [0.15, 0.2) is 5.96 Å². The van der Waals surface area contributed by atoms with Crippen molar-refractivity contribution in [2.75, 3.05) is 20.3 Å². The Morgan fingerprint density at radius 3 is 2.74 bits per heavy atom. The summed E-state index contributed by atoms with van der Waals surface area (Å²) in [5.41, 5.74) is -0.195. The highest BCUT2D eigenvalue weighted by Crippen LogP contribution is 2.29. The third kappa shape index (κ3) is 7.34. The first kappa shape index (κ1) is 20.8. The summed E-state index contributed by atoms with van der Waals surface area (Å²) in [5, 5.41) is 6.34. The summed E-state index contributed by atoms with van der Waals surface area (Å²) >= 11 is 0. The van der Waals surface area contributed by atoms with E-state index < -0.39 is 11.7 Å². The Kier molecular flexibility index (Phi) is 7.72. The molecule has 1 aromatic heterocycles. The van der Waals surface area contributed by atoms with Gasteiger partial charge in [0.1, 0.15) is 5.76 Å². The zero-order chi connectivity index (χ0) is 19.7. The second-order valence-corrected chi connectivity index (χ2v) is 6.12. The van der Waals surface area contributed by atoms with E-state index in [1.807, 2.05) is 19.1 Å². The van der Waals surface area contributed by atoms with Gasteiger partial charge in [-0.1, -0.05) is 12.1 Å². The minimum Gasteiger partial charge on any atom is -0.469 e. The first-order chi connectivity index (χ1) is 12.9. The van der Waals surface area contributed by atoms with Gasteiger partial charge < -0.3 is 19.8 Å². The van der Waals surface area contributed by atoms with Crippen LogP contribution in [0.3, 0.4) is 0 Å². The average Bonchev–Trinajstić information content (AvgIpc) is 3.12. The smallest absolute Gasteiger partial charge is 0.416 e. The van der Waals surface area contributed by atoms with Crippen LogP contribution in [0.5, 0.6) is 0 Å². The summed E-state index contributed by atoms with van der Waals surface area (Å²) in [6, 6.07) is 8.86. The van der Waals surface area contributed by atoms with Crippen LogP contribution in [0.15, 0.2) is 52.1 Å². The van der Waals surface area contributed by atoms with E-state index in [9.17, 15) is 13.2 Å². The van der Waals surface area contributed by atoms with Gasteiger partial charge in [0.2, 0.25) is 0 Å². The molecular weight excluding hydrogens is 359 g/mol. The van der Waals surface area contributed by atoms with Gasteiger partial charge in [-0.2, -0.15) is 13.2 Å². The molecule has 0 saturated carbocycles. The van der Waals surface area contributed by atoms with Crippen molar-refractivity contribution in [2.45, 2.75) is 32.1 Å². The standard InChI is InChI=1S/C19H24F3N3O2/c1-14(13-26-2)25-18(23-9-8-17-7-4-10-27-17)24-12-15-5-3-6-16(11-15)19(20,21)22/h3-7,10-11,14H,8-9,12-13H2,1-2H3,(H2,23,24,25). The summed E-state index contributed by atoms with van der Waals surface area (Å²) in [5.74, 6) is 1.34. The molecule has 0 aliphatic rings. The zero-order valence-electron chi connectivity index (χ0n) is 15.3. The lowest BCUT2D eigenvalue weighted by Gasteiger charge is -2.17. The van der Waals surface area contributed by atoms with Crippen LogP contribution in [0, 0.1) is 0 Å². The van der Waals surface area contributed by atoms with Crippen LogP contribution in [0.4, 0.5) is 13.2 Å². The van der Waals surface area contributed by atoms with Crippen LogP contribution in [0.25, 0.3) is 0 Å². The lowest BCUT2D eigenvalue weighted by Crippen LogP contribution is -2.44. The normalized spacial score (nSPS) is 13.4. The predicted octanol–water partition coefficient (Wildman–Crippen LogP) is 3.61. The molecule has 0 amide bonds. The molecule has 0 radical (unpaired) electrons. The summed E-state index contributed by atoms with van der Waals surface area (Å²) in [7, 11) is 1.60. The number of hydrogen-bond acceptors (Lipinski definition) is 3. The van der Waals surface area contributed by atoms with Crippen LogP contribution >= 0.6 is 0 Å². The van der Waals surface area contributed by atoms with E-state index in [0.29, 0.717) is 31.1 Å². The molecule has 0 fully saturated rings. The minimum atomic E-state index is -4.37. The second kappa shape index (κ2) is 10.0. The van der Waals surface area contributed by atoms with E-state index in [-0.39, 0.29) is 12.6 Å². The van der Waals surface area contributed by atoms with Crippen LogP contribution in [0.1, 0.15) is 23.8 Å². The van der Waals surface area contributed by atoms with E-state index in [0.717, 1.165) is 17.9 Å². The molecule has 1 aromatic carbocycles. The van der Waals surface area contributed by atoms with Gasteiger partial charge in [-0.25, -0.2) is 4.99 Å². The fourth-order valence-corrected chi connectivity index (χ4v) is 2.45. The van der Waals surface area contributed by atoms with Crippen molar-refractivity contribution in [3.05, 3.63) is 59.5 Å². The third-order valence-corrected chi connectivity index (χ3v) is 3.72. The predicted molar refractivity (Wildman–Crippen MR) is 97.5 cm³/mol. The summed E-state index contributed by atoms with van der Waals surface area (Å²) in [4.78, 5) is 4.40. The molecule has 2 rings (SSSR count). The summed E-state index contributed by atoms with van der Waals surface area (Å²) < 4.78 is 48.9. The molecule has 148 valence electrons. The minimum absolute atomic E-state index is 0.00799. The number of nitrogens with zero attached hydrogens (tertiary/aromatic N) is 1. The number of methoxy groups -OCH3 is 1. The summed E-state index contributed by atoms with van der Waals surface area (Å²) in [6.07, 6.45) is -2.10. The number of halogens is 3. The Morgan fingerprint density at radius 2 is 2.07 bits per heavy atom. The lowest BCUT2D eigenvalue weighted by atomic mass is 10.1. The largest absolute Gasteiger partial charge is 0.469 e. The molecule has 0 bridgehead atoms. The number of alkyl halides is 3. The van der Waals surface area contributed by atoms with E-state index in [1.165, 1.54) is 6.07 Å². The molecule has 1 unspecified atom stereocenters. The number of rotatable bonds is 8. The van der Waals surface area contributed by atoms with Crippen LogP contribution in [-0.4, -0.2) is 32.3 Å². The number of ether oxygens (including phenoxy) is 1. The maximum absolute atomic E-state index is 12.8. The van der Waals surface area contributed by atoms with Gasteiger partial charge in [0, 0.05) is 26.1 Å². The Labute approximate surface area is 156 Å². The Bertz CT molecular complexity index is 715. The highest BCUT2D eigenvalue weighted by Gasteiger charge is 2.30. The zero-order valence-corrected chi connectivity index (χ0v) is 15.3. The molecule has 2 aromatic rings. The highest BCUT2D eigenvalue weighted by atomic mass is 19.4. The fourth-order valence-electron chi connectivity index (χ4n) is 2.45. The van der Waals surface area contributed by atoms with Crippen molar-refractivity contribution >= 4 is 5.96 Å². The second-order valence-electron chi connectivity index (χ2n) is 6.12. The van der Waals surface area contributed by atoms with Gasteiger partial charge >= 0.3 is 6.18 Å². The molecule has 0 spiro atoms. The van der Waals surface area contributed by atoms with Crippen LogP contribution in [0.2, 0.25) is 0 Å². The Morgan fingerprint density at radius 1 is 1.26 bits per heavy atom. The maximum Gasteiger partial charge on any atom is 0.416 e. The number of furan rings is 1. The van der Waals surface area contributed by atoms with Crippen molar-refractivity contribution < 1.29 is 22.3 Å². The number of benzene rings is 1. The van der Waals surface area contributed by atoms with Gasteiger partial charge in [0.25, 0.3) is 0 Å². The average molecular weight is 383 g/mol. The maximum atomic E-state index is 12.8. The van der Waals surface area contributed by atoms with Crippen molar-refractivity contribution in [3.8, 4) is 0 Å². The first-order valence-corrected chi connectivity index (χ1v) is 8.61. The van der Waals surface area contributed by atoms with Crippen LogP contribution in [-0.2, 0) is 23.9 Å². The molecule has 8 heteroatoms. The number of hydrogen-bond donors (Lipinski definition) is 2. The van der Waals surface area contributed by atoms with Crippen LogP contribution < -0.4 is 10.6 Å². The molecule has 2 N–H and O–H groups in total. The number of aliphatic imine (C=N–C) groups is 1. The third-order valence-electron chi connectivity index (χ3n) is 3.72. The molecule has 5 nitrogen and oxygen atoms in total. The molecule has 1 heterocycles. The van der Waals surface area contributed by atoms with E-state index in [4.69, 9.17) is 9.15 Å². The molecule has 0 aliphatic heterocycles. The Balaban J connectivity index is 2.02. The van der Waals surface area contributed by atoms with E-state index in [2.05, 4.69) is 15.6 Å². The van der Waals surface area contributed by atoms with Gasteiger partial charge in [-0.3, -0.25) is 0 Å². The number of nitrogens with one attached hydrogen (secondary N) is 2. The molecule has 27 heavy (non-hydrogen) atoms. The summed E-state index contributed by atoms with van der Waals surface area (Å²) in [6.45, 7) is 3.10. The molecule has 1 atom stereocenters. The SMILES string of the molecule is COCC(C)NC(=NCc1cccc(C(F)(F)F)c1)NCCc1ccco1. The molecule has 0 saturated heterocycles. The monoisotopic (exact) mass is 383 g/mol. The van der Waals surface area contributed by atoms with Crippen molar-refractivity contribution in [2.24, 2.45) is 4.99 Å². The van der Waals surface area contributed by atoms with Gasteiger partial charge in [-0.05, 0) is 36.8 Å². The first-order valence-electron chi connectivity index (χ1n) is 8.61. The molecular formula is C19H24F3N3O2. The molecule has 0 aliphatic carbocycles. The lowest BCUT2D eigenvalue weighted by molar-refractivity contribution is -0.137. The van der Waals surface area contributed by atoms with E-state index in [1.54, 1.807) is 19.4 Å². The van der Waals surface area contributed by atoms with Crippen molar-refractivity contribution in [3.63, 3.8) is 0 Å². The topological polar surface area (TPSA) is 58.8 Å². The highest BCUT2D eigenvalue weighted by molar-refractivity contribution is 5.80. The van der Waals surface area contributed by atoms with Crippen molar-refractivity contribution in [1.82, 2.24) is 10.6 Å². The van der Waals surface area contributed by atoms with E-state index >= 15 is 0 Å². The Hall–Kier alpha value is -2.48.